The highest BCUT2D eigenvalue weighted by Gasteiger charge is 2.55. The van der Waals surface area contributed by atoms with Crippen molar-refractivity contribution in [2.45, 2.75) is 43.7 Å². The molecule has 2 aliphatic rings. The number of hydrogen-bond donors (Lipinski definition) is 0. The molecule has 1 aromatic carbocycles. The first-order valence-electron chi connectivity index (χ1n) is 8.22. The number of rotatable bonds is 2. The maximum atomic E-state index is 13.2. The fraction of sp³-hybridized carbons (Fsp3) is 0.368. The van der Waals surface area contributed by atoms with Crippen molar-refractivity contribution in [3.8, 4) is 0 Å². The number of benzene rings is 1. The summed E-state index contributed by atoms with van der Waals surface area (Å²) >= 11 is 3.37. The molecule has 0 radical (unpaired) electrons. The molecule has 0 saturated carbocycles. The number of amides is 1. The number of carbonyl (C=O) groups is 1. The Hall–Kier alpha value is -1.68. The van der Waals surface area contributed by atoms with Crippen LogP contribution in [0.5, 0.6) is 0 Å². The Labute approximate surface area is 144 Å². The van der Waals surface area contributed by atoms with Crippen LogP contribution >= 0.6 is 15.9 Å². The van der Waals surface area contributed by atoms with Crippen LogP contribution < -0.4 is 0 Å². The average Bonchev–Trinajstić information content (AvgIpc) is 2.89. The highest BCUT2D eigenvalue weighted by molar-refractivity contribution is 9.10. The number of halogens is 1. The Morgan fingerprint density at radius 3 is 2.74 bits per heavy atom. The molecule has 1 amide bonds. The van der Waals surface area contributed by atoms with Gasteiger partial charge < -0.3 is 4.90 Å². The molecule has 2 aromatic rings. The lowest BCUT2D eigenvalue weighted by Crippen LogP contribution is -2.64. The molecule has 0 N–H and O–H groups in total. The van der Waals surface area contributed by atoms with E-state index in [1.54, 1.807) is 0 Å². The second kappa shape index (κ2) is 5.75. The van der Waals surface area contributed by atoms with E-state index in [-0.39, 0.29) is 11.4 Å². The zero-order valence-corrected chi connectivity index (χ0v) is 14.5. The van der Waals surface area contributed by atoms with Crippen LogP contribution in [0.15, 0.2) is 53.1 Å². The van der Waals surface area contributed by atoms with E-state index in [1.165, 1.54) is 18.4 Å². The predicted octanol–water partition coefficient (Wildman–Crippen LogP) is 4.53. The fourth-order valence-electron chi connectivity index (χ4n) is 4.23. The smallest absolute Gasteiger partial charge is 0.273 e. The van der Waals surface area contributed by atoms with Gasteiger partial charge in [0.2, 0.25) is 0 Å². The van der Waals surface area contributed by atoms with Crippen molar-refractivity contribution in [3.05, 3.63) is 64.4 Å². The van der Waals surface area contributed by atoms with E-state index in [0.29, 0.717) is 16.3 Å². The molecule has 2 aliphatic heterocycles. The largest absolute Gasteiger partial charge is 0.324 e. The molecule has 3 heterocycles. The van der Waals surface area contributed by atoms with E-state index in [1.807, 2.05) is 24.3 Å². The molecular formula is C19H19BrN2O. The quantitative estimate of drug-likeness (QED) is 0.727. The van der Waals surface area contributed by atoms with Crippen LogP contribution in [0.3, 0.4) is 0 Å². The Morgan fingerprint density at radius 1 is 1.13 bits per heavy atom. The van der Waals surface area contributed by atoms with Crippen LogP contribution in [0.25, 0.3) is 0 Å². The van der Waals surface area contributed by atoms with Gasteiger partial charge in [0.25, 0.3) is 5.91 Å². The van der Waals surface area contributed by atoms with Crippen molar-refractivity contribution < 1.29 is 4.79 Å². The molecule has 4 rings (SSSR count). The van der Waals surface area contributed by atoms with Gasteiger partial charge in [-0.25, -0.2) is 4.98 Å². The van der Waals surface area contributed by atoms with Gasteiger partial charge in [-0.15, -0.1) is 0 Å². The van der Waals surface area contributed by atoms with Gasteiger partial charge in [0.05, 0.1) is 5.54 Å². The molecule has 2 atom stereocenters. The number of nitrogens with zero attached hydrogens (tertiary/aromatic N) is 2. The summed E-state index contributed by atoms with van der Waals surface area (Å²) < 4.78 is 0.709. The van der Waals surface area contributed by atoms with Crippen molar-refractivity contribution in [1.29, 1.82) is 0 Å². The van der Waals surface area contributed by atoms with E-state index in [9.17, 15) is 4.79 Å². The average molecular weight is 371 g/mol. The van der Waals surface area contributed by atoms with Gasteiger partial charge in [0, 0.05) is 6.04 Å². The van der Waals surface area contributed by atoms with Gasteiger partial charge in [-0.3, -0.25) is 4.79 Å². The first-order valence-corrected chi connectivity index (χ1v) is 9.02. The Kier molecular flexibility index (Phi) is 3.72. The second-order valence-electron chi connectivity index (χ2n) is 6.52. The third kappa shape index (κ3) is 2.40. The van der Waals surface area contributed by atoms with Gasteiger partial charge in [-0.1, -0.05) is 49.2 Å². The molecule has 2 fully saturated rings. The first kappa shape index (κ1) is 14.9. The van der Waals surface area contributed by atoms with Crippen molar-refractivity contribution in [1.82, 2.24) is 9.88 Å². The summed E-state index contributed by atoms with van der Waals surface area (Å²) in [6.07, 6.45) is 5.62. The van der Waals surface area contributed by atoms with E-state index in [4.69, 9.17) is 0 Å². The Balaban J connectivity index is 1.75. The molecule has 118 valence electrons. The molecule has 0 aliphatic carbocycles. The van der Waals surface area contributed by atoms with Crippen molar-refractivity contribution in [2.24, 2.45) is 0 Å². The first-order chi connectivity index (χ1) is 11.2. The van der Waals surface area contributed by atoms with Gasteiger partial charge in [0.15, 0.2) is 0 Å². The van der Waals surface area contributed by atoms with E-state index >= 15 is 0 Å². The molecule has 4 heteroatoms. The molecule has 0 unspecified atom stereocenters. The van der Waals surface area contributed by atoms with E-state index in [2.05, 4.69) is 50.1 Å². The maximum absolute atomic E-state index is 13.2. The summed E-state index contributed by atoms with van der Waals surface area (Å²) in [5, 5.41) is 0. The van der Waals surface area contributed by atoms with Gasteiger partial charge in [-0.2, -0.15) is 0 Å². The lowest BCUT2D eigenvalue weighted by Gasteiger charge is -2.57. The van der Waals surface area contributed by atoms with Crippen molar-refractivity contribution >= 4 is 21.8 Å². The molecular weight excluding hydrogens is 352 g/mol. The van der Waals surface area contributed by atoms with Crippen LogP contribution in [-0.4, -0.2) is 21.8 Å². The summed E-state index contributed by atoms with van der Waals surface area (Å²) in [5.74, 6) is 0.0632. The van der Waals surface area contributed by atoms with E-state index < -0.39 is 0 Å². The highest BCUT2D eigenvalue weighted by Crippen LogP contribution is 2.52. The Morgan fingerprint density at radius 2 is 1.96 bits per heavy atom. The lowest BCUT2D eigenvalue weighted by atomic mass is 9.71. The SMILES string of the molecule is O=C(c1cccc(Br)n1)N1[C@@H]2CCCC[C@@]1(c1ccccc1)C2. The second-order valence-corrected chi connectivity index (χ2v) is 7.33. The van der Waals surface area contributed by atoms with Crippen molar-refractivity contribution in [2.75, 3.05) is 0 Å². The number of carbonyl (C=O) groups excluding carboxylic acids is 1. The molecule has 2 bridgehead atoms. The maximum Gasteiger partial charge on any atom is 0.273 e. The van der Waals surface area contributed by atoms with Crippen molar-refractivity contribution in [3.63, 3.8) is 0 Å². The molecule has 2 saturated heterocycles. The zero-order chi connectivity index (χ0) is 15.9. The minimum atomic E-state index is -0.135. The van der Waals surface area contributed by atoms with Crippen LogP contribution in [0.4, 0.5) is 0 Å². The molecule has 23 heavy (non-hydrogen) atoms. The third-order valence-electron chi connectivity index (χ3n) is 5.24. The number of fused-ring (bicyclic) bond motifs is 2. The van der Waals surface area contributed by atoms with Gasteiger partial charge in [0.1, 0.15) is 10.3 Å². The highest BCUT2D eigenvalue weighted by atomic mass is 79.9. The number of pyridine rings is 1. The number of hydrogen-bond acceptors (Lipinski definition) is 2. The van der Waals surface area contributed by atoms with Crippen LogP contribution in [0, 0.1) is 0 Å². The zero-order valence-electron chi connectivity index (χ0n) is 12.9. The monoisotopic (exact) mass is 370 g/mol. The topological polar surface area (TPSA) is 33.2 Å². The normalized spacial score (nSPS) is 26.3. The minimum Gasteiger partial charge on any atom is -0.324 e. The minimum absolute atomic E-state index is 0.0632. The molecule has 3 nitrogen and oxygen atoms in total. The molecule has 0 spiro atoms. The predicted molar refractivity (Wildman–Crippen MR) is 93.1 cm³/mol. The molecule has 1 aromatic heterocycles. The fourth-order valence-corrected chi connectivity index (χ4v) is 4.57. The summed E-state index contributed by atoms with van der Waals surface area (Å²) in [6.45, 7) is 0. The summed E-state index contributed by atoms with van der Waals surface area (Å²) in [6, 6.07) is 16.4. The number of aromatic nitrogens is 1. The summed E-state index contributed by atoms with van der Waals surface area (Å²) in [4.78, 5) is 19.7. The van der Waals surface area contributed by atoms with E-state index in [0.717, 1.165) is 19.3 Å². The van der Waals surface area contributed by atoms with Gasteiger partial charge in [-0.05, 0) is 52.9 Å². The van der Waals surface area contributed by atoms with Crippen LogP contribution in [0.2, 0.25) is 0 Å². The van der Waals surface area contributed by atoms with Crippen LogP contribution in [0.1, 0.15) is 48.2 Å². The summed E-state index contributed by atoms with van der Waals surface area (Å²) in [7, 11) is 0. The van der Waals surface area contributed by atoms with Gasteiger partial charge >= 0.3 is 0 Å². The summed E-state index contributed by atoms with van der Waals surface area (Å²) in [5.41, 5.74) is 1.66. The Bertz CT molecular complexity index is 729. The van der Waals surface area contributed by atoms with Crippen LogP contribution in [-0.2, 0) is 5.54 Å². The standard InChI is InChI=1S/C19H19BrN2O/c20-17-11-6-10-16(21-17)18(23)22-15-9-4-5-12-19(22,13-15)14-7-2-1-3-8-14/h1-3,6-8,10-11,15H,4-5,9,12-13H2/t15-,19+/m1/s1. The third-order valence-corrected chi connectivity index (χ3v) is 5.68. The lowest BCUT2D eigenvalue weighted by molar-refractivity contribution is -0.0497.